The van der Waals surface area contributed by atoms with Crippen LogP contribution in [0.4, 0.5) is 0 Å². The van der Waals surface area contributed by atoms with Gasteiger partial charge in [-0.1, -0.05) is 51.1 Å². The maximum atomic E-state index is 13.2. The molecule has 0 N–H and O–H groups in total. The van der Waals surface area contributed by atoms with Crippen LogP contribution in [-0.4, -0.2) is 43.8 Å². The van der Waals surface area contributed by atoms with E-state index in [0.29, 0.717) is 18.7 Å². The maximum Gasteiger partial charge on any atom is 0.355 e. The van der Waals surface area contributed by atoms with E-state index in [1.165, 1.54) is 5.56 Å². The fourth-order valence-corrected chi connectivity index (χ4v) is 6.56. The molecule has 1 amide bonds. The third kappa shape index (κ3) is 4.78. The van der Waals surface area contributed by atoms with Gasteiger partial charge in [0.1, 0.15) is 5.70 Å². The number of fused-ring (bicyclic) bond motifs is 1. The standard InChI is InChI=1S/C24H35NO4SSi/c1-8-28-23(27)21-19(30-15-17-12-10-9-11-13-17)14-18-20(22(26)25(18)21)16(2)29-31(6,7)24(3,4)5/h9-13,16,18,20H,8,14-15H2,1-7H3/t16-,18-,20-/m1/s1. The normalized spacial score (nSPS) is 22.3. The Morgan fingerprint density at radius 2 is 1.90 bits per heavy atom. The van der Waals surface area contributed by atoms with Crippen molar-refractivity contribution in [3.63, 3.8) is 0 Å². The van der Waals surface area contributed by atoms with E-state index in [0.717, 1.165) is 10.7 Å². The van der Waals surface area contributed by atoms with Gasteiger partial charge in [0.15, 0.2) is 8.32 Å². The zero-order valence-electron chi connectivity index (χ0n) is 19.7. The summed E-state index contributed by atoms with van der Waals surface area (Å²) in [6, 6.07) is 10.1. The molecule has 1 saturated heterocycles. The molecular formula is C24H35NO4SSi. The van der Waals surface area contributed by atoms with Gasteiger partial charge in [-0.15, -0.1) is 11.8 Å². The van der Waals surface area contributed by atoms with Gasteiger partial charge >= 0.3 is 5.97 Å². The van der Waals surface area contributed by atoms with Crippen LogP contribution >= 0.6 is 11.8 Å². The van der Waals surface area contributed by atoms with E-state index in [9.17, 15) is 9.59 Å². The summed E-state index contributed by atoms with van der Waals surface area (Å²) in [4.78, 5) is 28.5. The molecule has 2 aliphatic heterocycles. The van der Waals surface area contributed by atoms with Crippen LogP contribution in [0, 0.1) is 5.92 Å². The molecule has 1 aromatic carbocycles. The molecule has 0 radical (unpaired) electrons. The molecule has 0 saturated carbocycles. The average Bonchev–Trinajstić information content (AvgIpc) is 3.00. The maximum absolute atomic E-state index is 13.2. The molecule has 3 rings (SSSR count). The number of carbonyl (C=O) groups is 2. The number of esters is 1. The number of carbonyl (C=O) groups excluding carboxylic acids is 2. The third-order valence-electron chi connectivity index (χ3n) is 6.69. The fourth-order valence-electron chi connectivity index (χ4n) is 3.99. The molecule has 2 aliphatic rings. The molecule has 2 heterocycles. The molecule has 0 aromatic heterocycles. The Bertz CT molecular complexity index is 862. The van der Waals surface area contributed by atoms with Gasteiger partial charge in [-0.2, -0.15) is 0 Å². The highest BCUT2D eigenvalue weighted by Gasteiger charge is 2.58. The van der Waals surface area contributed by atoms with E-state index in [2.05, 4.69) is 46.0 Å². The van der Waals surface area contributed by atoms with Gasteiger partial charge in [0.2, 0.25) is 5.91 Å². The highest BCUT2D eigenvalue weighted by atomic mass is 32.2. The van der Waals surface area contributed by atoms with Gasteiger partial charge in [-0.3, -0.25) is 4.79 Å². The van der Waals surface area contributed by atoms with E-state index < -0.39 is 14.3 Å². The second-order valence-electron chi connectivity index (χ2n) is 9.86. The number of hydrogen-bond donors (Lipinski definition) is 0. The summed E-state index contributed by atoms with van der Waals surface area (Å²) in [5.74, 6) is 0.127. The number of rotatable bonds is 8. The lowest BCUT2D eigenvalue weighted by Gasteiger charge is -2.48. The Labute approximate surface area is 191 Å². The van der Waals surface area contributed by atoms with Crippen molar-refractivity contribution >= 4 is 32.0 Å². The summed E-state index contributed by atoms with van der Waals surface area (Å²) in [5.41, 5.74) is 1.63. The second kappa shape index (κ2) is 9.12. The largest absolute Gasteiger partial charge is 0.461 e. The van der Waals surface area contributed by atoms with E-state index in [1.54, 1.807) is 23.6 Å². The highest BCUT2D eigenvalue weighted by Crippen LogP contribution is 2.49. The zero-order chi connectivity index (χ0) is 23.0. The fraction of sp³-hybridized carbons (Fsp3) is 0.583. The molecule has 3 atom stereocenters. The summed E-state index contributed by atoms with van der Waals surface area (Å²) in [6.45, 7) is 15.1. The van der Waals surface area contributed by atoms with Crippen molar-refractivity contribution in [2.24, 2.45) is 5.92 Å². The molecule has 0 aliphatic carbocycles. The number of nitrogens with zero attached hydrogens (tertiary/aromatic N) is 1. The summed E-state index contributed by atoms with van der Waals surface area (Å²) in [5, 5.41) is 0.0778. The predicted molar refractivity (Wildman–Crippen MR) is 128 cm³/mol. The lowest BCUT2D eigenvalue weighted by atomic mass is 9.83. The molecule has 1 fully saturated rings. The molecule has 1 aromatic rings. The van der Waals surface area contributed by atoms with Gasteiger partial charge < -0.3 is 14.1 Å². The van der Waals surface area contributed by atoms with Crippen LogP contribution in [0.25, 0.3) is 0 Å². The summed E-state index contributed by atoms with van der Waals surface area (Å²) in [7, 11) is -2.00. The van der Waals surface area contributed by atoms with Crippen LogP contribution in [0.15, 0.2) is 40.9 Å². The van der Waals surface area contributed by atoms with Crippen LogP contribution in [0.1, 0.15) is 46.6 Å². The Morgan fingerprint density at radius 1 is 1.26 bits per heavy atom. The second-order valence-corrected chi connectivity index (χ2v) is 15.7. The number of β-lactam (4-membered cyclic amide) rings is 1. The predicted octanol–water partition coefficient (Wildman–Crippen LogP) is 5.34. The molecule has 170 valence electrons. The molecule has 0 spiro atoms. The van der Waals surface area contributed by atoms with Crippen LogP contribution in [0.2, 0.25) is 18.1 Å². The first kappa shape index (κ1) is 24.1. The molecule has 0 unspecified atom stereocenters. The number of ether oxygens (including phenoxy) is 1. The lowest BCUT2D eigenvalue weighted by Crippen LogP contribution is -2.63. The van der Waals surface area contributed by atoms with Crippen LogP contribution in [0.3, 0.4) is 0 Å². The molecular weight excluding hydrogens is 426 g/mol. The number of thioether (sulfide) groups is 1. The summed E-state index contributed by atoms with van der Waals surface area (Å²) in [6.07, 6.45) is 0.518. The van der Waals surface area contributed by atoms with Crippen molar-refractivity contribution in [3.8, 4) is 0 Å². The Balaban J connectivity index is 1.77. The van der Waals surface area contributed by atoms with Crippen molar-refractivity contribution < 1.29 is 18.8 Å². The van der Waals surface area contributed by atoms with Crippen molar-refractivity contribution in [2.45, 2.75) is 77.1 Å². The minimum absolute atomic E-state index is 0.0189. The first-order chi connectivity index (χ1) is 14.5. The van der Waals surface area contributed by atoms with Crippen LogP contribution in [-0.2, 0) is 24.5 Å². The number of benzene rings is 1. The smallest absolute Gasteiger partial charge is 0.355 e. The van der Waals surface area contributed by atoms with Crippen molar-refractivity contribution in [1.29, 1.82) is 0 Å². The lowest BCUT2D eigenvalue weighted by molar-refractivity contribution is -0.161. The first-order valence-corrected chi connectivity index (χ1v) is 14.9. The molecule has 31 heavy (non-hydrogen) atoms. The minimum Gasteiger partial charge on any atom is -0.461 e. The van der Waals surface area contributed by atoms with Gasteiger partial charge in [-0.25, -0.2) is 4.79 Å². The molecule has 5 nitrogen and oxygen atoms in total. The van der Waals surface area contributed by atoms with Crippen molar-refractivity contribution in [3.05, 3.63) is 46.5 Å². The van der Waals surface area contributed by atoms with Crippen LogP contribution < -0.4 is 0 Å². The van der Waals surface area contributed by atoms with Crippen LogP contribution in [0.5, 0.6) is 0 Å². The SMILES string of the molecule is CCOC(=O)C1=C(SCc2ccccc2)C[C@@H]2[C@@H]([C@@H](C)O[Si](C)(C)C(C)(C)C)C(=O)N12. The quantitative estimate of drug-likeness (QED) is 0.297. The Hall–Kier alpha value is -1.57. The number of amides is 1. The van der Waals surface area contributed by atoms with Crippen molar-refractivity contribution in [1.82, 2.24) is 4.90 Å². The summed E-state index contributed by atoms with van der Waals surface area (Å²) < 4.78 is 11.8. The van der Waals surface area contributed by atoms with Gasteiger partial charge in [0.05, 0.1) is 24.7 Å². The topological polar surface area (TPSA) is 55.8 Å². The van der Waals surface area contributed by atoms with E-state index in [-0.39, 0.29) is 29.0 Å². The highest BCUT2D eigenvalue weighted by molar-refractivity contribution is 8.02. The first-order valence-electron chi connectivity index (χ1n) is 11.1. The molecule has 7 heteroatoms. The average molecular weight is 462 g/mol. The van der Waals surface area contributed by atoms with E-state index in [1.807, 2.05) is 25.1 Å². The van der Waals surface area contributed by atoms with Gasteiger partial charge in [-0.05, 0) is 37.5 Å². The van der Waals surface area contributed by atoms with Crippen molar-refractivity contribution in [2.75, 3.05) is 6.61 Å². The monoisotopic (exact) mass is 461 g/mol. The Kier molecular flexibility index (Phi) is 7.08. The van der Waals surface area contributed by atoms with Gasteiger partial charge in [0, 0.05) is 17.1 Å². The summed E-state index contributed by atoms with van der Waals surface area (Å²) >= 11 is 1.63. The van der Waals surface area contributed by atoms with Gasteiger partial charge in [0.25, 0.3) is 0 Å². The zero-order valence-corrected chi connectivity index (χ0v) is 21.5. The minimum atomic E-state index is -2.00. The third-order valence-corrected chi connectivity index (χ3v) is 12.4. The number of hydrogen-bond acceptors (Lipinski definition) is 5. The Morgan fingerprint density at radius 3 is 2.48 bits per heavy atom. The van der Waals surface area contributed by atoms with E-state index >= 15 is 0 Å². The molecule has 0 bridgehead atoms. The van der Waals surface area contributed by atoms with E-state index in [4.69, 9.17) is 9.16 Å².